The van der Waals surface area contributed by atoms with Crippen LogP contribution in [0.25, 0.3) is 10.9 Å². The summed E-state index contributed by atoms with van der Waals surface area (Å²) in [6, 6.07) is 9.66. The average Bonchev–Trinajstić information content (AvgIpc) is 3.61. The maximum absolute atomic E-state index is 14.9. The van der Waals surface area contributed by atoms with Gasteiger partial charge in [-0.3, -0.25) is 4.79 Å². The number of pyridine rings is 1. The lowest BCUT2D eigenvalue weighted by atomic mass is 10.1. The molecule has 9 heteroatoms. The predicted molar refractivity (Wildman–Crippen MR) is 124 cm³/mol. The van der Waals surface area contributed by atoms with Crippen LogP contribution in [-0.4, -0.2) is 41.4 Å². The fraction of sp³-hybridized carbons (Fsp3) is 0.385. The number of ether oxygens (including phenoxy) is 2. The molecule has 0 spiro atoms. The van der Waals surface area contributed by atoms with E-state index >= 15 is 0 Å². The zero-order valence-electron chi connectivity index (χ0n) is 19.0. The van der Waals surface area contributed by atoms with Crippen LogP contribution in [0, 0.1) is 17.6 Å². The Balaban J connectivity index is 1.50. The Labute approximate surface area is 200 Å². The molecule has 7 nitrogen and oxygen atoms in total. The minimum absolute atomic E-state index is 0.0179. The first kappa shape index (κ1) is 23.4. The smallest absolute Gasteiger partial charge is 0.343 e. The number of nitrogens with zero attached hydrogens (tertiary/aromatic N) is 1. The van der Waals surface area contributed by atoms with Gasteiger partial charge in [0.1, 0.15) is 18.8 Å². The first-order chi connectivity index (χ1) is 17.0. The van der Waals surface area contributed by atoms with Crippen molar-refractivity contribution >= 4 is 16.9 Å². The Kier molecular flexibility index (Phi) is 6.53. The summed E-state index contributed by atoms with van der Waals surface area (Å²) in [5.74, 6) is -3.50. The number of benzene rings is 2. The summed E-state index contributed by atoms with van der Waals surface area (Å²) in [5, 5.41) is 12.4. The standard InChI is InChI=1S/C26H26F2N2O5/c27-21-9-19-23(25(22(21)28)34-14-17-8-16(12-31)10-29-17)30(18-6-7-18)11-20(24(19)32)26(33)35-13-15-4-2-1-3-5-15/h1-5,9,11,16-18,29,31H,6-8,10,12-14H2/t16-,17+/m1/s1. The summed E-state index contributed by atoms with van der Waals surface area (Å²) in [7, 11) is 0. The molecule has 2 aliphatic rings. The highest BCUT2D eigenvalue weighted by Crippen LogP contribution is 2.40. The SMILES string of the molecule is O=C(OCc1ccccc1)c1cn(C2CC2)c2c(OC[C@@H]3C[C@@H](CO)CN3)c(F)c(F)cc2c1=O. The Morgan fingerprint density at radius 3 is 2.66 bits per heavy atom. The summed E-state index contributed by atoms with van der Waals surface area (Å²) in [5.41, 5.74) is -0.0804. The van der Waals surface area contributed by atoms with Crippen molar-refractivity contribution in [2.75, 3.05) is 19.8 Å². The van der Waals surface area contributed by atoms with Gasteiger partial charge in [0.15, 0.2) is 11.6 Å². The molecule has 1 aliphatic heterocycles. The Morgan fingerprint density at radius 1 is 1.20 bits per heavy atom. The number of rotatable bonds is 8. The third kappa shape index (κ3) is 4.78. The zero-order valence-corrected chi connectivity index (χ0v) is 19.0. The summed E-state index contributed by atoms with van der Waals surface area (Å²) in [4.78, 5) is 26.0. The van der Waals surface area contributed by atoms with Crippen LogP contribution >= 0.6 is 0 Å². The van der Waals surface area contributed by atoms with Crippen LogP contribution in [0.4, 0.5) is 8.78 Å². The summed E-state index contributed by atoms with van der Waals surface area (Å²) < 4.78 is 42.3. The third-order valence-corrected chi connectivity index (χ3v) is 6.54. The van der Waals surface area contributed by atoms with Crippen LogP contribution < -0.4 is 15.5 Å². The van der Waals surface area contributed by atoms with Crippen LogP contribution in [0.3, 0.4) is 0 Å². The van der Waals surface area contributed by atoms with Crippen molar-refractivity contribution in [2.45, 2.75) is 38.0 Å². The highest BCUT2D eigenvalue weighted by Gasteiger charge is 2.31. The third-order valence-electron chi connectivity index (χ3n) is 6.54. The van der Waals surface area contributed by atoms with Crippen LogP contribution in [0.2, 0.25) is 0 Å². The summed E-state index contributed by atoms with van der Waals surface area (Å²) in [6.45, 7) is 0.672. The van der Waals surface area contributed by atoms with E-state index in [-0.39, 0.29) is 60.0 Å². The van der Waals surface area contributed by atoms with E-state index in [1.165, 1.54) is 6.20 Å². The quantitative estimate of drug-likeness (QED) is 0.477. The number of fused-ring (bicyclic) bond motifs is 1. The van der Waals surface area contributed by atoms with Gasteiger partial charge < -0.3 is 24.5 Å². The number of nitrogens with one attached hydrogen (secondary N) is 1. The number of carbonyl (C=O) groups is 1. The molecule has 1 saturated heterocycles. The normalized spacial score (nSPS) is 19.7. The van der Waals surface area contributed by atoms with E-state index < -0.39 is 23.0 Å². The molecule has 0 unspecified atom stereocenters. The van der Waals surface area contributed by atoms with Crippen molar-refractivity contribution in [3.63, 3.8) is 0 Å². The molecule has 2 fully saturated rings. The molecule has 3 aromatic rings. The largest absolute Gasteiger partial charge is 0.487 e. The molecule has 2 heterocycles. The predicted octanol–water partition coefficient (Wildman–Crippen LogP) is 3.32. The second-order valence-electron chi connectivity index (χ2n) is 9.17. The minimum atomic E-state index is -1.23. The average molecular weight is 484 g/mol. The molecule has 35 heavy (non-hydrogen) atoms. The number of esters is 1. The number of aromatic nitrogens is 1. The van der Waals surface area contributed by atoms with E-state index in [2.05, 4.69) is 5.32 Å². The maximum Gasteiger partial charge on any atom is 0.343 e. The summed E-state index contributed by atoms with van der Waals surface area (Å²) in [6.07, 6.45) is 3.56. The van der Waals surface area contributed by atoms with Crippen molar-refractivity contribution in [1.82, 2.24) is 9.88 Å². The van der Waals surface area contributed by atoms with E-state index in [1.54, 1.807) is 16.7 Å². The minimum Gasteiger partial charge on any atom is -0.487 e. The van der Waals surface area contributed by atoms with Gasteiger partial charge in [-0.15, -0.1) is 0 Å². The molecule has 0 bridgehead atoms. The van der Waals surface area contributed by atoms with Gasteiger partial charge in [0.25, 0.3) is 0 Å². The molecule has 2 N–H and O–H groups in total. The first-order valence-electron chi connectivity index (χ1n) is 11.7. The molecular formula is C26H26F2N2O5. The van der Waals surface area contributed by atoms with Gasteiger partial charge in [0.05, 0.1) is 10.9 Å². The van der Waals surface area contributed by atoms with Crippen LogP contribution in [0.5, 0.6) is 5.75 Å². The second-order valence-corrected chi connectivity index (χ2v) is 9.17. The topological polar surface area (TPSA) is 89.8 Å². The van der Waals surface area contributed by atoms with Gasteiger partial charge in [0.2, 0.25) is 11.2 Å². The van der Waals surface area contributed by atoms with Crippen molar-refractivity contribution < 1.29 is 28.2 Å². The molecule has 0 amide bonds. The lowest BCUT2D eigenvalue weighted by molar-refractivity contribution is 0.0470. The van der Waals surface area contributed by atoms with Crippen molar-refractivity contribution in [3.05, 3.63) is 75.6 Å². The first-order valence-corrected chi connectivity index (χ1v) is 11.7. The fourth-order valence-electron chi connectivity index (χ4n) is 4.50. The number of halogens is 2. The van der Waals surface area contributed by atoms with Crippen LogP contribution in [0.15, 0.2) is 47.4 Å². The van der Waals surface area contributed by atoms with Crippen LogP contribution in [-0.2, 0) is 11.3 Å². The van der Waals surface area contributed by atoms with E-state index in [0.717, 1.165) is 24.5 Å². The van der Waals surface area contributed by atoms with E-state index in [9.17, 15) is 23.5 Å². The number of hydrogen-bond donors (Lipinski definition) is 2. The molecule has 1 saturated carbocycles. The monoisotopic (exact) mass is 484 g/mol. The van der Waals surface area contributed by atoms with Gasteiger partial charge in [-0.2, -0.15) is 4.39 Å². The molecule has 2 aromatic carbocycles. The molecule has 2 atom stereocenters. The van der Waals surface area contributed by atoms with Crippen molar-refractivity contribution in [2.24, 2.45) is 5.92 Å². The van der Waals surface area contributed by atoms with E-state index in [0.29, 0.717) is 13.0 Å². The van der Waals surface area contributed by atoms with Crippen molar-refractivity contribution in [3.8, 4) is 5.75 Å². The zero-order chi connectivity index (χ0) is 24.5. The lowest BCUT2D eigenvalue weighted by Gasteiger charge is -2.19. The van der Waals surface area contributed by atoms with Gasteiger partial charge in [-0.1, -0.05) is 30.3 Å². The fourth-order valence-corrected chi connectivity index (χ4v) is 4.50. The highest BCUT2D eigenvalue weighted by molar-refractivity contribution is 5.95. The van der Waals surface area contributed by atoms with Gasteiger partial charge >= 0.3 is 5.97 Å². The number of aliphatic hydroxyl groups excluding tert-OH is 1. The van der Waals surface area contributed by atoms with Crippen LogP contribution in [0.1, 0.15) is 41.2 Å². The Bertz CT molecular complexity index is 1310. The second kappa shape index (κ2) is 9.75. The van der Waals surface area contributed by atoms with E-state index in [4.69, 9.17) is 9.47 Å². The molecular weight excluding hydrogens is 458 g/mol. The number of carbonyl (C=O) groups excluding carboxylic acids is 1. The highest BCUT2D eigenvalue weighted by atomic mass is 19.2. The summed E-state index contributed by atoms with van der Waals surface area (Å²) >= 11 is 0. The van der Waals surface area contributed by atoms with E-state index in [1.807, 2.05) is 18.2 Å². The Hall–Kier alpha value is -3.30. The van der Waals surface area contributed by atoms with Gasteiger partial charge in [0, 0.05) is 31.4 Å². The maximum atomic E-state index is 14.9. The number of aliphatic hydroxyl groups is 1. The number of hydrogen-bond acceptors (Lipinski definition) is 6. The molecule has 5 rings (SSSR count). The van der Waals surface area contributed by atoms with Gasteiger partial charge in [-0.05, 0) is 36.8 Å². The van der Waals surface area contributed by atoms with Gasteiger partial charge in [-0.25, -0.2) is 9.18 Å². The lowest BCUT2D eigenvalue weighted by Crippen LogP contribution is -2.29. The van der Waals surface area contributed by atoms with Crippen molar-refractivity contribution in [1.29, 1.82) is 0 Å². The molecule has 1 aliphatic carbocycles. The Morgan fingerprint density at radius 2 is 1.97 bits per heavy atom. The molecule has 1 aromatic heterocycles. The molecule has 184 valence electrons. The molecule has 0 radical (unpaired) electrons.